The maximum absolute atomic E-state index is 5.66. The van der Waals surface area contributed by atoms with Gasteiger partial charge in [0, 0.05) is 23.6 Å². The number of aryl methyl sites for hydroxylation is 1. The lowest BCUT2D eigenvalue weighted by Gasteiger charge is -2.09. The highest BCUT2D eigenvalue weighted by molar-refractivity contribution is 5.81. The molecule has 0 bridgehead atoms. The van der Waals surface area contributed by atoms with Gasteiger partial charge in [-0.3, -0.25) is 0 Å². The standard InChI is InChI=1S/C13H17NO/c1-4-14-8-7-11-9-12(15-10(2)3)5-6-13(11)14/h5-10H,4H2,1-3H3. The van der Waals surface area contributed by atoms with Crippen molar-refractivity contribution in [3.05, 3.63) is 30.5 Å². The van der Waals surface area contributed by atoms with E-state index >= 15 is 0 Å². The SMILES string of the molecule is CCn1ccc2cc(OC(C)C)ccc21. The van der Waals surface area contributed by atoms with E-state index in [1.807, 2.05) is 19.9 Å². The van der Waals surface area contributed by atoms with Crippen LogP contribution in [0.4, 0.5) is 0 Å². The van der Waals surface area contributed by atoms with Crippen molar-refractivity contribution >= 4 is 10.9 Å². The van der Waals surface area contributed by atoms with Gasteiger partial charge in [-0.15, -0.1) is 0 Å². The van der Waals surface area contributed by atoms with E-state index in [-0.39, 0.29) is 6.10 Å². The van der Waals surface area contributed by atoms with Crippen LogP contribution in [-0.4, -0.2) is 10.7 Å². The first-order valence-corrected chi connectivity index (χ1v) is 5.46. The number of benzene rings is 1. The monoisotopic (exact) mass is 203 g/mol. The van der Waals surface area contributed by atoms with Crippen LogP contribution in [0.1, 0.15) is 20.8 Å². The van der Waals surface area contributed by atoms with E-state index in [1.165, 1.54) is 10.9 Å². The lowest BCUT2D eigenvalue weighted by molar-refractivity contribution is 0.243. The van der Waals surface area contributed by atoms with Crippen molar-refractivity contribution < 1.29 is 4.74 Å². The summed E-state index contributed by atoms with van der Waals surface area (Å²) in [5.41, 5.74) is 1.27. The van der Waals surface area contributed by atoms with Crippen LogP contribution in [0.2, 0.25) is 0 Å². The summed E-state index contributed by atoms with van der Waals surface area (Å²) in [6.07, 6.45) is 2.35. The molecule has 2 rings (SSSR count). The van der Waals surface area contributed by atoms with Crippen LogP contribution >= 0.6 is 0 Å². The van der Waals surface area contributed by atoms with Crippen LogP contribution in [0.15, 0.2) is 30.5 Å². The number of ether oxygens (including phenoxy) is 1. The zero-order valence-electron chi connectivity index (χ0n) is 9.53. The van der Waals surface area contributed by atoms with E-state index in [9.17, 15) is 0 Å². The topological polar surface area (TPSA) is 14.2 Å². The maximum Gasteiger partial charge on any atom is 0.120 e. The number of aromatic nitrogens is 1. The summed E-state index contributed by atoms with van der Waals surface area (Å²) in [7, 11) is 0. The van der Waals surface area contributed by atoms with Gasteiger partial charge in [0.25, 0.3) is 0 Å². The van der Waals surface area contributed by atoms with Crippen LogP contribution in [0.5, 0.6) is 5.75 Å². The minimum absolute atomic E-state index is 0.232. The molecule has 0 spiro atoms. The van der Waals surface area contributed by atoms with E-state index in [2.05, 4.69) is 35.9 Å². The Morgan fingerprint density at radius 1 is 1.27 bits per heavy atom. The minimum atomic E-state index is 0.232. The van der Waals surface area contributed by atoms with E-state index in [0.717, 1.165) is 12.3 Å². The molecule has 15 heavy (non-hydrogen) atoms. The third kappa shape index (κ3) is 1.99. The second-order valence-electron chi connectivity index (χ2n) is 3.99. The Balaban J connectivity index is 2.39. The van der Waals surface area contributed by atoms with Crippen LogP contribution in [0.3, 0.4) is 0 Å². The first kappa shape index (κ1) is 10.1. The van der Waals surface area contributed by atoms with Crippen LogP contribution in [-0.2, 0) is 6.54 Å². The van der Waals surface area contributed by atoms with Gasteiger partial charge in [-0.25, -0.2) is 0 Å². The molecular formula is C13H17NO. The number of rotatable bonds is 3. The minimum Gasteiger partial charge on any atom is -0.491 e. The third-order valence-electron chi connectivity index (χ3n) is 2.45. The predicted octanol–water partition coefficient (Wildman–Crippen LogP) is 3.45. The Hall–Kier alpha value is -1.44. The number of hydrogen-bond donors (Lipinski definition) is 0. The van der Waals surface area contributed by atoms with Crippen LogP contribution < -0.4 is 4.74 Å². The molecular weight excluding hydrogens is 186 g/mol. The van der Waals surface area contributed by atoms with Crippen molar-refractivity contribution in [1.29, 1.82) is 0 Å². The van der Waals surface area contributed by atoms with Gasteiger partial charge in [-0.05, 0) is 45.0 Å². The largest absolute Gasteiger partial charge is 0.491 e. The molecule has 0 aliphatic carbocycles. The third-order valence-corrected chi connectivity index (χ3v) is 2.45. The first-order valence-electron chi connectivity index (χ1n) is 5.46. The normalized spacial score (nSPS) is 11.2. The molecule has 1 aromatic carbocycles. The molecule has 0 unspecified atom stereocenters. The summed E-state index contributed by atoms with van der Waals surface area (Å²) >= 11 is 0. The number of nitrogens with zero attached hydrogens (tertiary/aromatic N) is 1. The molecule has 0 aliphatic rings. The van der Waals surface area contributed by atoms with Gasteiger partial charge >= 0.3 is 0 Å². The first-order chi connectivity index (χ1) is 7.20. The molecule has 0 N–H and O–H groups in total. The van der Waals surface area contributed by atoms with E-state index in [0.29, 0.717) is 0 Å². The summed E-state index contributed by atoms with van der Waals surface area (Å²) in [5.74, 6) is 0.950. The fraction of sp³-hybridized carbons (Fsp3) is 0.385. The molecule has 2 nitrogen and oxygen atoms in total. The molecule has 0 atom stereocenters. The maximum atomic E-state index is 5.66. The molecule has 0 aliphatic heterocycles. The average molecular weight is 203 g/mol. The fourth-order valence-electron chi connectivity index (χ4n) is 1.80. The smallest absolute Gasteiger partial charge is 0.120 e. The van der Waals surface area contributed by atoms with Gasteiger partial charge < -0.3 is 9.30 Å². The lowest BCUT2D eigenvalue weighted by atomic mass is 10.2. The quantitative estimate of drug-likeness (QED) is 0.745. The molecule has 2 aromatic rings. The summed E-state index contributed by atoms with van der Waals surface area (Å²) in [5, 5.41) is 1.25. The van der Waals surface area contributed by atoms with E-state index in [4.69, 9.17) is 4.74 Å². The van der Waals surface area contributed by atoms with Gasteiger partial charge in [-0.1, -0.05) is 0 Å². The fourth-order valence-corrected chi connectivity index (χ4v) is 1.80. The summed E-state index contributed by atoms with van der Waals surface area (Å²) in [4.78, 5) is 0. The van der Waals surface area contributed by atoms with Gasteiger partial charge in [0.05, 0.1) is 6.10 Å². The second-order valence-corrected chi connectivity index (χ2v) is 3.99. The van der Waals surface area contributed by atoms with Crippen molar-refractivity contribution in [2.24, 2.45) is 0 Å². The number of hydrogen-bond acceptors (Lipinski definition) is 1. The highest BCUT2D eigenvalue weighted by Crippen LogP contribution is 2.22. The summed E-state index contributed by atoms with van der Waals surface area (Å²) in [6.45, 7) is 7.24. The molecule has 2 heteroatoms. The highest BCUT2D eigenvalue weighted by Gasteiger charge is 2.02. The second kappa shape index (κ2) is 3.97. The lowest BCUT2D eigenvalue weighted by Crippen LogP contribution is -2.05. The Kier molecular flexibility index (Phi) is 2.67. The van der Waals surface area contributed by atoms with E-state index < -0.39 is 0 Å². The van der Waals surface area contributed by atoms with Crippen molar-refractivity contribution in [2.45, 2.75) is 33.4 Å². The van der Waals surface area contributed by atoms with Crippen molar-refractivity contribution in [1.82, 2.24) is 4.57 Å². The Morgan fingerprint density at radius 2 is 2.07 bits per heavy atom. The molecule has 0 fully saturated rings. The zero-order chi connectivity index (χ0) is 10.8. The Morgan fingerprint density at radius 3 is 2.73 bits per heavy atom. The number of fused-ring (bicyclic) bond motifs is 1. The van der Waals surface area contributed by atoms with Gasteiger partial charge in [0.1, 0.15) is 5.75 Å². The van der Waals surface area contributed by atoms with E-state index in [1.54, 1.807) is 0 Å². The van der Waals surface area contributed by atoms with Crippen molar-refractivity contribution in [3.8, 4) is 5.75 Å². The molecule has 0 saturated heterocycles. The van der Waals surface area contributed by atoms with Gasteiger partial charge in [-0.2, -0.15) is 0 Å². The van der Waals surface area contributed by atoms with Crippen molar-refractivity contribution in [2.75, 3.05) is 0 Å². The van der Waals surface area contributed by atoms with Crippen LogP contribution in [0.25, 0.3) is 10.9 Å². The van der Waals surface area contributed by atoms with Crippen molar-refractivity contribution in [3.63, 3.8) is 0 Å². The van der Waals surface area contributed by atoms with Gasteiger partial charge in [0.15, 0.2) is 0 Å². The summed E-state index contributed by atoms with van der Waals surface area (Å²) < 4.78 is 7.89. The molecule has 0 radical (unpaired) electrons. The van der Waals surface area contributed by atoms with Crippen LogP contribution in [0, 0.1) is 0 Å². The Bertz CT molecular complexity index is 457. The molecule has 0 saturated carbocycles. The zero-order valence-corrected chi connectivity index (χ0v) is 9.53. The molecule has 80 valence electrons. The Labute approximate surface area is 90.5 Å². The molecule has 1 aromatic heterocycles. The van der Waals surface area contributed by atoms with Gasteiger partial charge in [0.2, 0.25) is 0 Å². The summed E-state index contributed by atoms with van der Waals surface area (Å²) in [6, 6.07) is 8.39. The molecule has 0 amide bonds. The average Bonchev–Trinajstić information content (AvgIpc) is 2.58. The highest BCUT2D eigenvalue weighted by atomic mass is 16.5. The predicted molar refractivity (Wildman–Crippen MR) is 63.4 cm³/mol. The molecule has 1 heterocycles.